The van der Waals surface area contributed by atoms with E-state index in [-0.39, 0.29) is 0 Å². The molecule has 100 valence electrons. The van der Waals surface area contributed by atoms with E-state index in [1.807, 2.05) is 36.4 Å². The van der Waals surface area contributed by atoms with E-state index in [0.717, 1.165) is 21.0 Å². The van der Waals surface area contributed by atoms with Crippen molar-refractivity contribution in [3.63, 3.8) is 0 Å². The molecule has 0 saturated carbocycles. The molecule has 3 aromatic rings. The van der Waals surface area contributed by atoms with Crippen LogP contribution in [0.4, 0.5) is 0 Å². The quantitative estimate of drug-likeness (QED) is 0.564. The zero-order valence-corrected chi connectivity index (χ0v) is 12.0. The van der Waals surface area contributed by atoms with Crippen molar-refractivity contribution in [1.29, 1.82) is 0 Å². The first kappa shape index (κ1) is 12.4. The van der Waals surface area contributed by atoms with Crippen molar-refractivity contribution < 1.29 is 0 Å². The number of hydrogen-bond donors (Lipinski definition) is 0. The lowest BCUT2D eigenvalue weighted by Crippen LogP contribution is -2.11. The third-order valence-corrected chi connectivity index (χ3v) is 4.07. The molecule has 2 heteroatoms. The number of fused-ring (bicyclic) bond motifs is 3. The molecule has 0 unspecified atom stereocenters. The molecule has 0 aromatic heterocycles. The number of hydrogen-bond acceptors (Lipinski definition) is 1. The molecule has 1 nitrogen and oxygen atoms in total. The molecule has 0 N–H and O–H groups in total. The molecule has 0 spiro atoms. The average Bonchev–Trinajstić information content (AvgIpc) is 2.54. The lowest BCUT2D eigenvalue weighted by Gasteiger charge is -2.00. The number of nitrogens with zero attached hydrogens (tertiary/aromatic N) is 1. The Balaban J connectivity index is 2.59. The topological polar surface area (TPSA) is 12.4 Å². The summed E-state index contributed by atoms with van der Waals surface area (Å²) in [7, 11) is 0. The maximum absolute atomic E-state index is 6.47. The Bertz CT molecular complexity index is 1150. The molecular formula is C19H12ClN. The van der Waals surface area contributed by atoms with Gasteiger partial charge in [-0.05, 0) is 21.7 Å². The highest BCUT2D eigenvalue weighted by Crippen LogP contribution is 2.06. The van der Waals surface area contributed by atoms with Crippen molar-refractivity contribution in [2.24, 2.45) is 4.99 Å². The Morgan fingerprint density at radius 1 is 0.524 bits per heavy atom. The molecule has 1 aliphatic rings. The van der Waals surface area contributed by atoms with Gasteiger partial charge in [-0.15, -0.1) is 0 Å². The van der Waals surface area contributed by atoms with Gasteiger partial charge in [-0.3, -0.25) is 0 Å². The van der Waals surface area contributed by atoms with Gasteiger partial charge in [0, 0.05) is 10.4 Å². The van der Waals surface area contributed by atoms with Crippen molar-refractivity contribution in [1.82, 2.24) is 0 Å². The van der Waals surface area contributed by atoms with Gasteiger partial charge in [0.1, 0.15) is 5.16 Å². The molecule has 21 heavy (non-hydrogen) atoms. The number of rotatable bonds is 0. The standard InChI is InChI=1S/C19H12ClN/c20-19-17-11-4-3-9-15(17)13-7-1-2-8-14(13)16-10-5-6-12-18(16)21-19/h1-12H/b15-13-,16-14-,19-17-,21-18-,21-19?. The molecule has 0 radical (unpaired) electrons. The molecule has 3 aromatic carbocycles. The largest absolute Gasteiger partial charge is 0.235 e. The Kier molecular flexibility index (Phi) is 2.87. The number of halogens is 1. The molecule has 1 aliphatic heterocycles. The minimum atomic E-state index is 0.535. The van der Waals surface area contributed by atoms with Crippen LogP contribution in [-0.2, 0) is 0 Å². The van der Waals surface area contributed by atoms with Crippen LogP contribution in [0.25, 0.3) is 5.16 Å². The van der Waals surface area contributed by atoms with E-state index < -0.39 is 0 Å². The van der Waals surface area contributed by atoms with E-state index in [1.165, 1.54) is 10.4 Å². The highest BCUT2D eigenvalue weighted by molar-refractivity contribution is 6.44. The van der Waals surface area contributed by atoms with Gasteiger partial charge in [-0.2, -0.15) is 0 Å². The second-order valence-corrected chi connectivity index (χ2v) is 5.37. The number of benzene rings is 3. The van der Waals surface area contributed by atoms with Crippen LogP contribution < -0.4 is 10.6 Å². The lowest BCUT2D eigenvalue weighted by molar-refractivity contribution is 1.26. The van der Waals surface area contributed by atoms with Gasteiger partial charge in [0.15, 0.2) is 0 Å². The summed E-state index contributed by atoms with van der Waals surface area (Å²) >= 11 is 6.47. The highest BCUT2D eigenvalue weighted by atomic mass is 35.5. The van der Waals surface area contributed by atoms with Crippen molar-refractivity contribution in [2.45, 2.75) is 0 Å². The Labute approximate surface area is 126 Å². The monoisotopic (exact) mass is 289 g/mol. The normalized spacial score (nSPS) is 20.0. The first-order valence-corrected chi connectivity index (χ1v) is 7.25. The smallest absolute Gasteiger partial charge is 0.137 e. The van der Waals surface area contributed by atoms with E-state index in [4.69, 9.17) is 11.6 Å². The van der Waals surface area contributed by atoms with Gasteiger partial charge < -0.3 is 0 Å². The van der Waals surface area contributed by atoms with E-state index in [2.05, 4.69) is 41.4 Å². The van der Waals surface area contributed by atoms with Crippen molar-refractivity contribution in [3.05, 3.63) is 104 Å². The third-order valence-electron chi connectivity index (χ3n) is 3.78. The second-order valence-electron chi connectivity index (χ2n) is 5.01. The van der Waals surface area contributed by atoms with E-state index in [9.17, 15) is 0 Å². The minimum absolute atomic E-state index is 0.535. The molecule has 1 heterocycles. The van der Waals surface area contributed by atoms with Crippen LogP contribution in [0, 0.1) is 20.9 Å². The Hall–Kier alpha value is -2.38. The molecule has 0 amide bonds. The van der Waals surface area contributed by atoms with Crippen LogP contribution in [0.15, 0.2) is 77.8 Å². The summed E-state index contributed by atoms with van der Waals surface area (Å²) in [6.45, 7) is 0. The molecular weight excluding hydrogens is 278 g/mol. The SMILES string of the molecule is ClC1=c2\cccc\c2=c2/cccc/c2=c2\cccc\c2=N\1. The molecule has 0 saturated heterocycles. The second kappa shape index (κ2) is 4.87. The first-order valence-electron chi connectivity index (χ1n) is 6.87. The lowest BCUT2D eigenvalue weighted by atomic mass is 10.1. The summed E-state index contributed by atoms with van der Waals surface area (Å²) in [5.41, 5.74) is 0. The predicted molar refractivity (Wildman–Crippen MR) is 84.7 cm³/mol. The van der Waals surface area contributed by atoms with E-state index in [0.29, 0.717) is 5.16 Å². The van der Waals surface area contributed by atoms with Gasteiger partial charge in [0.05, 0.1) is 5.36 Å². The van der Waals surface area contributed by atoms with Gasteiger partial charge >= 0.3 is 0 Å². The van der Waals surface area contributed by atoms with Gasteiger partial charge in [0.25, 0.3) is 0 Å². The summed E-state index contributed by atoms with van der Waals surface area (Å²) in [6.07, 6.45) is 0. The average molecular weight is 290 g/mol. The fourth-order valence-electron chi connectivity index (χ4n) is 2.82. The maximum atomic E-state index is 6.47. The van der Waals surface area contributed by atoms with Crippen LogP contribution in [-0.4, -0.2) is 0 Å². The van der Waals surface area contributed by atoms with Crippen LogP contribution in [0.5, 0.6) is 0 Å². The van der Waals surface area contributed by atoms with Gasteiger partial charge in [-0.1, -0.05) is 78.3 Å². The molecule has 4 rings (SSSR count). The summed E-state index contributed by atoms with van der Waals surface area (Å²) in [5, 5.41) is 7.03. The van der Waals surface area contributed by atoms with Crippen molar-refractivity contribution in [3.8, 4) is 0 Å². The van der Waals surface area contributed by atoms with E-state index in [1.54, 1.807) is 0 Å². The van der Waals surface area contributed by atoms with Crippen LogP contribution >= 0.6 is 11.6 Å². The molecule has 0 fully saturated rings. The van der Waals surface area contributed by atoms with Gasteiger partial charge in [-0.25, -0.2) is 4.99 Å². The minimum Gasteiger partial charge on any atom is -0.235 e. The van der Waals surface area contributed by atoms with Gasteiger partial charge in [0.2, 0.25) is 0 Å². The number of para-hydroxylation sites is 1. The van der Waals surface area contributed by atoms with Crippen LogP contribution in [0.2, 0.25) is 0 Å². The van der Waals surface area contributed by atoms with Crippen molar-refractivity contribution in [2.75, 3.05) is 0 Å². The molecule has 0 bridgehead atoms. The first-order chi connectivity index (χ1) is 10.3. The van der Waals surface area contributed by atoms with Crippen LogP contribution in [0.1, 0.15) is 0 Å². The van der Waals surface area contributed by atoms with E-state index >= 15 is 0 Å². The summed E-state index contributed by atoms with van der Waals surface area (Å²) in [5.74, 6) is 0. The highest BCUT2D eigenvalue weighted by Gasteiger charge is 2.00. The third kappa shape index (κ3) is 1.98. The zero-order chi connectivity index (χ0) is 14.2. The van der Waals surface area contributed by atoms with Crippen LogP contribution in [0.3, 0.4) is 0 Å². The summed E-state index contributed by atoms with van der Waals surface area (Å²) in [4.78, 5) is 4.62. The maximum Gasteiger partial charge on any atom is 0.137 e. The fourth-order valence-corrected chi connectivity index (χ4v) is 3.07. The fraction of sp³-hybridized carbons (Fsp3) is 0. The Morgan fingerprint density at radius 3 is 1.62 bits per heavy atom. The summed E-state index contributed by atoms with van der Waals surface area (Å²) in [6, 6.07) is 24.7. The summed E-state index contributed by atoms with van der Waals surface area (Å²) < 4.78 is 0. The molecule has 0 atom stereocenters. The van der Waals surface area contributed by atoms with Crippen molar-refractivity contribution >= 4 is 16.8 Å². The zero-order valence-electron chi connectivity index (χ0n) is 11.3. The Morgan fingerprint density at radius 2 is 0.952 bits per heavy atom. The predicted octanol–water partition coefficient (Wildman–Crippen LogP) is 3.20. The molecule has 0 aliphatic carbocycles.